The second kappa shape index (κ2) is 9.04. The van der Waals surface area contributed by atoms with Crippen LogP contribution in [-0.4, -0.2) is 69.6 Å². The van der Waals surface area contributed by atoms with E-state index in [4.69, 9.17) is 9.84 Å². The SMILES string of the molecule is Cc1ncc(C(=O)N2CCOC(c3c(C(=O)NCCO)sc4ncccc34)C2)c(C)n1. The van der Waals surface area contributed by atoms with Crippen LogP contribution in [0, 0.1) is 13.8 Å². The van der Waals surface area contributed by atoms with Gasteiger partial charge in [0.25, 0.3) is 11.8 Å². The molecular formula is C21H23N5O4S. The molecule has 2 amide bonds. The number of pyridine rings is 1. The summed E-state index contributed by atoms with van der Waals surface area (Å²) in [6.07, 6.45) is 2.76. The van der Waals surface area contributed by atoms with Gasteiger partial charge in [-0.2, -0.15) is 0 Å². The molecule has 3 aromatic heterocycles. The maximum atomic E-state index is 13.1. The van der Waals surface area contributed by atoms with Gasteiger partial charge in [-0.3, -0.25) is 9.59 Å². The fraction of sp³-hybridized carbons (Fsp3) is 0.381. The standard InChI is InChI=1S/C21H23N5O4S/c1-12-15(10-24-13(2)25-12)21(29)26-7-9-30-16(11-26)17-14-4-3-5-23-20(14)31-18(17)19(28)22-6-8-27/h3-5,10,16,27H,6-9,11H2,1-2H3,(H,22,28). The molecule has 9 nitrogen and oxygen atoms in total. The lowest BCUT2D eigenvalue weighted by molar-refractivity contribution is -0.0223. The topological polar surface area (TPSA) is 118 Å². The van der Waals surface area contributed by atoms with Crippen LogP contribution in [0.3, 0.4) is 0 Å². The lowest BCUT2D eigenvalue weighted by atomic mass is 10.0. The van der Waals surface area contributed by atoms with E-state index in [1.807, 2.05) is 12.1 Å². The molecule has 2 N–H and O–H groups in total. The van der Waals surface area contributed by atoms with E-state index in [9.17, 15) is 9.59 Å². The highest BCUT2D eigenvalue weighted by atomic mass is 32.1. The quantitative estimate of drug-likeness (QED) is 0.618. The third-order valence-electron chi connectivity index (χ3n) is 5.11. The molecule has 0 radical (unpaired) electrons. The first-order valence-electron chi connectivity index (χ1n) is 9.97. The summed E-state index contributed by atoms with van der Waals surface area (Å²) in [5, 5.41) is 12.6. The maximum Gasteiger partial charge on any atom is 0.261 e. The smallest absolute Gasteiger partial charge is 0.261 e. The molecule has 0 bridgehead atoms. The van der Waals surface area contributed by atoms with Gasteiger partial charge in [0, 0.05) is 36.4 Å². The van der Waals surface area contributed by atoms with Crippen LogP contribution in [-0.2, 0) is 4.74 Å². The first-order chi connectivity index (χ1) is 15.0. The van der Waals surface area contributed by atoms with E-state index in [2.05, 4.69) is 20.3 Å². The summed E-state index contributed by atoms with van der Waals surface area (Å²) in [4.78, 5) is 41.7. The van der Waals surface area contributed by atoms with Gasteiger partial charge in [-0.1, -0.05) is 6.07 Å². The zero-order valence-electron chi connectivity index (χ0n) is 17.3. The first-order valence-corrected chi connectivity index (χ1v) is 10.8. The van der Waals surface area contributed by atoms with Gasteiger partial charge in [-0.25, -0.2) is 15.0 Å². The number of carbonyl (C=O) groups is 2. The Labute approximate surface area is 183 Å². The van der Waals surface area contributed by atoms with Crippen LogP contribution in [0.15, 0.2) is 24.5 Å². The highest BCUT2D eigenvalue weighted by molar-refractivity contribution is 7.20. The second-order valence-electron chi connectivity index (χ2n) is 7.21. The molecule has 0 saturated carbocycles. The molecular weight excluding hydrogens is 418 g/mol. The van der Waals surface area contributed by atoms with Crippen LogP contribution >= 0.6 is 11.3 Å². The Morgan fingerprint density at radius 2 is 2.19 bits per heavy atom. The number of aliphatic hydroxyl groups is 1. The van der Waals surface area contributed by atoms with Gasteiger partial charge in [0.2, 0.25) is 0 Å². The van der Waals surface area contributed by atoms with Crippen molar-refractivity contribution in [2.45, 2.75) is 20.0 Å². The van der Waals surface area contributed by atoms with E-state index in [0.29, 0.717) is 41.7 Å². The molecule has 0 spiro atoms. The number of rotatable bonds is 5. The number of nitrogens with zero attached hydrogens (tertiary/aromatic N) is 4. The molecule has 4 heterocycles. The fourth-order valence-electron chi connectivity index (χ4n) is 3.66. The molecule has 0 aliphatic carbocycles. The van der Waals surface area contributed by atoms with Crippen LogP contribution in [0.2, 0.25) is 0 Å². The zero-order valence-corrected chi connectivity index (χ0v) is 18.1. The van der Waals surface area contributed by atoms with Crippen LogP contribution in [0.1, 0.15) is 43.2 Å². The number of hydrogen-bond donors (Lipinski definition) is 2. The van der Waals surface area contributed by atoms with Gasteiger partial charge >= 0.3 is 0 Å². The molecule has 1 fully saturated rings. The van der Waals surface area contributed by atoms with Crippen molar-refractivity contribution in [2.24, 2.45) is 0 Å². The normalized spacial score (nSPS) is 16.5. The number of hydrogen-bond acceptors (Lipinski definition) is 8. The van der Waals surface area contributed by atoms with Gasteiger partial charge in [0.1, 0.15) is 21.6 Å². The van der Waals surface area contributed by atoms with Gasteiger partial charge in [-0.05, 0) is 19.9 Å². The average Bonchev–Trinajstić information content (AvgIpc) is 3.17. The number of thiophene rings is 1. The van der Waals surface area contributed by atoms with Gasteiger partial charge in [0.05, 0.1) is 31.0 Å². The number of aryl methyl sites for hydroxylation is 2. The number of aliphatic hydroxyl groups excluding tert-OH is 1. The minimum absolute atomic E-state index is 0.148. The summed E-state index contributed by atoms with van der Waals surface area (Å²) < 4.78 is 6.02. The summed E-state index contributed by atoms with van der Waals surface area (Å²) in [6.45, 7) is 4.67. The predicted octanol–water partition coefficient (Wildman–Crippen LogP) is 1.64. The molecule has 31 heavy (non-hydrogen) atoms. The van der Waals surface area contributed by atoms with Crippen LogP contribution in [0.25, 0.3) is 10.2 Å². The second-order valence-corrected chi connectivity index (χ2v) is 8.21. The van der Waals surface area contributed by atoms with E-state index in [1.165, 1.54) is 11.3 Å². The van der Waals surface area contributed by atoms with Crippen molar-refractivity contribution in [2.75, 3.05) is 32.8 Å². The van der Waals surface area contributed by atoms with Crippen molar-refractivity contribution in [3.63, 3.8) is 0 Å². The molecule has 1 aliphatic heterocycles. The summed E-state index contributed by atoms with van der Waals surface area (Å²) in [5.41, 5.74) is 1.82. The van der Waals surface area contributed by atoms with Crippen molar-refractivity contribution in [3.05, 3.63) is 52.0 Å². The van der Waals surface area contributed by atoms with E-state index in [1.54, 1.807) is 31.1 Å². The number of morpholine rings is 1. The predicted molar refractivity (Wildman–Crippen MR) is 115 cm³/mol. The summed E-state index contributed by atoms with van der Waals surface area (Å²) in [6, 6.07) is 3.71. The molecule has 0 aromatic carbocycles. The Balaban J connectivity index is 1.66. The Hall–Kier alpha value is -2.95. The van der Waals surface area contributed by atoms with Crippen molar-refractivity contribution in [3.8, 4) is 0 Å². The Morgan fingerprint density at radius 1 is 1.35 bits per heavy atom. The van der Waals surface area contributed by atoms with Gasteiger partial charge in [0.15, 0.2) is 0 Å². The molecule has 3 aromatic rings. The van der Waals surface area contributed by atoms with Crippen molar-refractivity contribution < 1.29 is 19.4 Å². The third kappa shape index (κ3) is 4.27. The largest absolute Gasteiger partial charge is 0.395 e. The Kier molecular flexibility index (Phi) is 6.21. The van der Waals surface area contributed by atoms with Crippen LogP contribution < -0.4 is 5.32 Å². The molecule has 4 rings (SSSR count). The fourth-order valence-corrected chi connectivity index (χ4v) is 4.77. The number of fused-ring (bicyclic) bond motifs is 1. The number of nitrogens with one attached hydrogen (secondary N) is 1. The molecule has 162 valence electrons. The zero-order chi connectivity index (χ0) is 22.0. The van der Waals surface area contributed by atoms with Crippen molar-refractivity contribution >= 4 is 33.4 Å². The summed E-state index contributed by atoms with van der Waals surface area (Å²) in [5.74, 6) is 0.168. The Morgan fingerprint density at radius 3 is 2.97 bits per heavy atom. The van der Waals surface area contributed by atoms with Crippen molar-refractivity contribution in [1.82, 2.24) is 25.2 Å². The number of carbonyl (C=O) groups excluding carboxylic acids is 2. The maximum absolute atomic E-state index is 13.1. The minimum atomic E-state index is -0.475. The monoisotopic (exact) mass is 441 g/mol. The highest BCUT2D eigenvalue weighted by Crippen LogP contribution is 2.37. The minimum Gasteiger partial charge on any atom is -0.395 e. The highest BCUT2D eigenvalue weighted by Gasteiger charge is 2.32. The number of ether oxygens (including phenoxy) is 1. The molecule has 1 atom stereocenters. The van der Waals surface area contributed by atoms with Crippen LogP contribution in [0.5, 0.6) is 0 Å². The molecule has 1 unspecified atom stereocenters. The van der Waals surface area contributed by atoms with E-state index >= 15 is 0 Å². The molecule has 1 aliphatic rings. The molecule has 1 saturated heterocycles. The van der Waals surface area contributed by atoms with E-state index in [-0.39, 0.29) is 25.0 Å². The van der Waals surface area contributed by atoms with E-state index < -0.39 is 6.10 Å². The molecule has 10 heteroatoms. The number of aromatic nitrogens is 3. The summed E-state index contributed by atoms with van der Waals surface area (Å²) in [7, 11) is 0. The average molecular weight is 442 g/mol. The van der Waals surface area contributed by atoms with Crippen LogP contribution in [0.4, 0.5) is 0 Å². The van der Waals surface area contributed by atoms with Gasteiger partial charge < -0.3 is 20.1 Å². The lowest BCUT2D eigenvalue weighted by Gasteiger charge is -2.33. The first kappa shape index (κ1) is 21.3. The summed E-state index contributed by atoms with van der Waals surface area (Å²) >= 11 is 1.28. The van der Waals surface area contributed by atoms with Crippen molar-refractivity contribution in [1.29, 1.82) is 0 Å². The lowest BCUT2D eigenvalue weighted by Crippen LogP contribution is -2.43. The third-order valence-corrected chi connectivity index (χ3v) is 6.24. The number of amides is 2. The van der Waals surface area contributed by atoms with Gasteiger partial charge in [-0.15, -0.1) is 11.3 Å². The van der Waals surface area contributed by atoms with E-state index in [0.717, 1.165) is 15.8 Å². The Bertz CT molecular complexity index is 1130.